The molecule has 0 radical (unpaired) electrons. The summed E-state index contributed by atoms with van der Waals surface area (Å²) >= 11 is 2.28. The van der Waals surface area contributed by atoms with Crippen LogP contribution in [0.2, 0.25) is 0 Å². The minimum Gasteiger partial charge on any atom is -0.337 e. The van der Waals surface area contributed by atoms with Crippen molar-refractivity contribution in [1.82, 2.24) is 9.55 Å². The molecule has 0 aromatic carbocycles. The Morgan fingerprint density at radius 3 is 2.67 bits per heavy atom. The zero-order valence-corrected chi connectivity index (χ0v) is 17.2. The van der Waals surface area contributed by atoms with Gasteiger partial charge in [-0.1, -0.05) is 47.0 Å². The predicted molar refractivity (Wildman–Crippen MR) is 108 cm³/mol. The van der Waals surface area contributed by atoms with E-state index in [0.717, 1.165) is 23.6 Å². The van der Waals surface area contributed by atoms with Crippen LogP contribution >= 0.6 is 11.8 Å². The van der Waals surface area contributed by atoms with Gasteiger partial charge < -0.3 is 4.57 Å². The van der Waals surface area contributed by atoms with Gasteiger partial charge in [-0.2, -0.15) is 11.8 Å². The summed E-state index contributed by atoms with van der Waals surface area (Å²) in [5.41, 5.74) is 0.457. The Kier molecular flexibility index (Phi) is 8.19. The first-order valence-electron chi connectivity index (χ1n) is 10.1. The number of nitrogens with zero attached hydrogens (tertiary/aromatic N) is 2. The first-order valence-corrected chi connectivity index (χ1v) is 11.1. The van der Waals surface area contributed by atoms with Gasteiger partial charge in [0, 0.05) is 24.2 Å². The molecular formula is C21H38N2S. The van der Waals surface area contributed by atoms with E-state index in [2.05, 4.69) is 55.2 Å². The van der Waals surface area contributed by atoms with E-state index in [1.54, 1.807) is 0 Å². The van der Waals surface area contributed by atoms with E-state index in [9.17, 15) is 0 Å². The van der Waals surface area contributed by atoms with Gasteiger partial charge in [0.15, 0.2) is 0 Å². The lowest BCUT2D eigenvalue weighted by atomic mass is 9.65. The highest BCUT2D eigenvalue weighted by molar-refractivity contribution is 7.99. The van der Waals surface area contributed by atoms with Crippen LogP contribution in [0.25, 0.3) is 0 Å². The summed E-state index contributed by atoms with van der Waals surface area (Å²) in [6, 6.07) is 0. The third kappa shape index (κ3) is 6.13. The van der Waals surface area contributed by atoms with Gasteiger partial charge in [0.25, 0.3) is 0 Å². The fourth-order valence-corrected chi connectivity index (χ4v) is 6.04. The predicted octanol–water partition coefficient (Wildman–Crippen LogP) is 6.42. The molecule has 1 heterocycles. The number of aromatic nitrogens is 2. The number of rotatable bonds is 9. The third-order valence-corrected chi connectivity index (χ3v) is 7.24. The number of unbranched alkanes of at least 4 members (excludes halogenated alkanes) is 1. The molecule has 138 valence electrons. The second-order valence-corrected chi connectivity index (χ2v) is 9.97. The van der Waals surface area contributed by atoms with Crippen LogP contribution in [0.15, 0.2) is 18.7 Å². The Balaban J connectivity index is 1.96. The lowest BCUT2D eigenvalue weighted by molar-refractivity contribution is 0.103. The van der Waals surface area contributed by atoms with Crippen molar-refractivity contribution in [1.29, 1.82) is 0 Å². The number of imidazole rings is 1. The summed E-state index contributed by atoms with van der Waals surface area (Å²) in [4.78, 5) is 4.17. The van der Waals surface area contributed by atoms with Crippen molar-refractivity contribution < 1.29 is 0 Å². The molecule has 1 aromatic rings. The summed E-state index contributed by atoms with van der Waals surface area (Å²) < 4.78 is 2.23. The SMILES string of the molecule is CCCCSC(CCCn1ccnc1)C1CCCCC1C(C)(C)C. The lowest BCUT2D eigenvalue weighted by Gasteiger charge is -2.44. The highest BCUT2D eigenvalue weighted by Gasteiger charge is 2.38. The molecule has 0 saturated heterocycles. The topological polar surface area (TPSA) is 17.8 Å². The number of aryl methyl sites for hydroxylation is 1. The maximum atomic E-state index is 4.17. The van der Waals surface area contributed by atoms with Crippen LogP contribution in [0, 0.1) is 17.3 Å². The van der Waals surface area contributed by atoms with Crippen molar-refractivity contribution in [3.63, 3.8) is 0 Å². The second kappa shape index (κ2) is 9.89. The molecule has 1 aliphatic carbocycles. The highest BCUT2D eigenvalue weighted by atomic mass is 32.2. The van der Waals surface area contributed by atoms with Gasteiger partial charge in [-0.25, -0.2) is 4.98 Å². The standard InChI is InChI=1S/C21H38N2S/c1-5-6-16-24-20(12-9-14-23-15-13-22-17-23)18-10-7-8-11-19(18)21(2,3)4/h13,15,17-20H,5-12,14,16H2,1-4H3. The molecule has 0 amide bonds. The summed E-state index contributed by atoms with van der Waals surface area (Å²) in [7, 11) is 0. The smallest absolute Gasteiger partial charge is 0.0945 e. The molecule has 1 fully saturated rings. The minimum absolute atomic E-state index is 0.457. The van der Waals surface area contributed by atoms with Gasteiger partial charge in [-0.05, 0) is 55.1 Å². The van der Waals surface area contributed by atoms with Crippen molar-refractivity contribution in [3.05, 3.63) is 18.7 Å². The van der Waals surface area contributed by atoms with E-state index in [4.69, 9.17) is 0 Å². The van der Waals surface area contributed by atoms with Crippen LogP contribution in [0.5, 0.6) is 0 Å². The molecule has 1 aliphatic rings. The molecule has 2 nitrogen and oxygen atoms in total. The summed E-state index contributed by atoms with van der Waals surface area (Å²) in [5, 5.41) is 0.851. The molecular weight excluding hydrogens is 312 g/mol. The Morgan fingerprint density at radius 2 is 2.00 bits per heavy atom. The van der Waals surface area contributed by atoms with E-state index >= 15 is 0 Å². The molecule has 3 atom stereocenters. The molecule has 0 aliphatic heterocycles. The first-order chi connectivity index (χ1) is 11.5. The Morgan fingerprint density at radius 1 is 1.21 bits per heavy atom. The van der Waals surface area contributed by atoms with Gasteiger partial charge >= 0.3 is 0 Å². The van der Waals surface area contributed by atoms with E-state index in [1.807, 2.05) is 12.5 Å². The summed E-state index contributed by atoms with van der Waals surface area (Å²) in [5.74, 6) is 3.17. The maximum absolute atomic E-state index is 4.17. The zero-order chi connectivity index (χ0) is 17.4. The highest BCUT2D eigenvalue weighted by Crippen LogP contribution is 2.47. The molecule has 0 N–H and O–H groups in total. The normalized spacial score (nSPS) is 23.3. The van der Waals surface area contributed by atoms with Crippen LogP contribution in [0.4, 0.5) is 0 Å². The van der Waals surface area contributed by atoms with E-state index in [0.29, 0.717) is 5.41 Å². The van der Waals surface area contributed by atoms with E-state index in [1.165, 1.54) is 57.1 Å². The van der Waals surface area contributed by atoms with Gasteiger partial charge in [-0.3, -0.25) is 0 Å². The summed E-state index contributed by atoms with van der Waals surface area (Å²) in [6.45, 7) is 10.8. The largest absolute Gasteiger partial charge is 0.337 e. The number of hydrogen-bond donors (Lipinski definition) is 0. The fraction of sp³-hybridized carbons (Fsp3) is 0.857. The molecule has 24 heavy (non-hydrogen) atoms. The fourth-order valence-electron chi connectivity index (χ4n) is 4.37. The molecule has 0 spiro atoms. The average molecular weight is 351 g/mol. The van der Waals surface area contributed by atoms with E-state index in [-0.39, 0.29) is 0 Å². The van der Waals surface area contributed by atoms with E-state index < -0.39 is 0 Å². The quantitative estimate of drug-likeness (QED) is 0.478. The van der Waals surface area contributed by atoms with Crippen LogP contribution in [0.1, 0.15) is 79.1 Å². The molecule has 1 saturated carbocycles. The maximum Gasteiger partial charge on any atom is 0.0945 e. The van der Waals surface area contributed by atoms with Gasteiger partial charge in [0.05, 0.1) is 6.33 Å². The average Bonchev–Trinajstić information content (AvgIpc) is 3.06. The Bertz CT molecular complexity index is 435. The molecule has 0 bridgehead atoms. The van der Waals surface area contributed by atoms with Gasteiger partial charge in [-0.15, -0.1) is 0 Å². The van der Waals surface area contributed by atoms with Crippen molar-refractivity contribution in [2.45, 2.75) is 90.9 Å². The Labute approximate surface area is 154 Å². The number of hydrogen-bond acceptors (Lipinski definition) is 2. The molecule has 3 heteroatoms. The summed E-state index contributed by atoms with van der Waals surface area (Å²) in [6.07, 6.45) is 17.1. The van der Waals surface area contributed by atoms with Crippen molar-refractivity contribution in [2.75, 3.05) is 5.75 Å². The Hall–Kier alpha value is -0.440. The molecule has 1 aromatic heterocycles. The monoisotopic (exact) mass is 350 g/mol. The third-order valence-electron chi connectivity index (χ3n) is 5.70. The lowest BCUT2D eigenvalue weighted by Crippen LogP contribution is -2.37. The van der Waals surface area contributed by atoms with Crippen molar-refractivity contribution in [2.24, 2.45) is 17.3 Å². The molecule has 2 rings (SSSR count). The number of thioether (sulfide) groups is 1. The van der Waals surface area contributed by atoms with Crippen molar-refractivity contribution >= 4 is 11.8 Å². The van der Waals surface area contributed by atoms with Crippen LogP contribution in [0.3, 0.4) is 0 Å². The van der Waals surface area contributed by atoms with Crippen molar-refractivity contribution in [3.8, 4) is 0 Å². The first kappa shape index (κ1) is 19.9. The van der Waals surface area contributed by atoms with Gasteiger partial charge in [0.1, 0.15) is 0 Å². The van der Waals surface area contributed by atoms with Gasteiger partial charge in [0.2, 0.25) is 0 Å². The zero-order valence-electron chi connectivity index (χ0n) is 16.3. The second-order valence-electron chi connectivity index (χ2n) is 8.63. The minimum atomic E-state index is 0.457. The van der Waals surface area contributed by atoms with Crippen LogP contribution in [-0.4, -0.2) is 20.6 Å². The van der Waals surface area contributed by atoms with Crippen LogP contribution < -0.4 is 0 Å². The molecule has 3 unspecified atom stereocenters. The van der Waals surface area contributed by atoms with Crippen LogP contribution in [-0.2, 0) is 6.54 Å².